The van der Waals surface area contributed by atoms with Crippen LogP contribution in [-0.4, -0.2) is 15.0 Å². The summed E-state index contributed by atoms with van der Waals surface area (Å²) in [4.78, 5) is 23.6. The van der Waals surface area contributed by atoms with E-state index in [0.29, 0.717) is 5.39 Å². The van der Waals surface area contributed by atoms with Gasteiger partial charge in [0.15, 0.2) is 0 Å². The number of hydrogen-bond donors (Lipinski definition) is 2. The number of aromatic amines is 2. The van der Waals surface area contributed by atoms with Crippen molar-refractivity contribution in [2.24, 2.45) is 0 Å². The van der Waals surface area contributed by atoms with Crippen LogP contribution in [0, 0.1) is 6.92 Å². The molecule has 2 heterocycles. The van der Waals surface area contributed by atoms with E-state index in [1.54, 1.807) is 6.20 Å². The number of benzene rings is 2. The molecule has 0 bridgehead atoms. The van der Waals surface area contributed by atoms with Crippen LogP contribution in [0.2, 0.25) is 0 Å². The van der Waals surface area contributed by atoms with E-state index in [4.69, 9.17) is 4.98 Å². The largest absolute Gasteiger partial charge is 0.341 e. The maximum atomic E-state index is 12.5. The number of nitrogens with one attached hydrogen (secondary N) is 2. The lowest BCUT2D eigenvalue weighted by Crippen LogP contribution is -2.12. The molecule has 0 aliphatic carbocycles. The zero-order valence-electron chi connectivity index (χ0n) is 13.7. The van der Waals surface area contributed by atoms with Crippen LogP contribution in [0.5, 0.6) is 0 Å². The molecule has 0 radical (unpaired) electrons. The second-order valence-electron chi connectivity index (χ2n) is 7.20. The predicted molar refractivity (Wildman–Crippen MR) is 95.2 cm³/mol. The Balaban J connectivity index is 2.34. The van der Waals surface area contributed by atoms with Gasteiger partial charge in [-0.15, -0.1) is 0 Å². The Hall–Kier alpha value is -2.62. The van der Waals surface area contributed by atoms with E-state index >= 15 is 0 Å². The van der Waals surface area contributed by atoms with E-state index in [0.717, 1.165) is 38.6 Å². The summed E-state index contributed by atoms with van der Waals surface area (Å²) in [6.07, 6.45) is 1.69. The molecule has 0 saturated heterocycles. The summed E-state index contributed by atoms with van der Waals surface area (Å²) in [5.41, 5.74) is 2.86. The number of hydrogen-bond acceptors (Lipinski definition) is 2. The third kappa shape index (κ3) is 1.98. The van der Waals surface area contributed by atoms with Crippen molar-refractivity contribution in [3.05, 3.63) is 52.2 Å². The minimum atomic E-state index is -0.0798. The quantitative estimate of drug-likeness (QED) is 0.479. The minimum Gasteiger partial charge on any atom is -0.341 e. The molecule has 4 nitrogen and oxygen atoms in total. The van der Waals surface area contributed by atoms with Gasteiger partial charge >= 0.3 is 0 Å². The van der Waals surface area contributed by atoms with Gasteiger partial charge in [0.2, 0.25) is 0 Å². The zero-order chi connectivity index (χ0) is 16.4. The molecule has 4 heteroatoms. The molecule has 0 aliphatic heterocycles. The fourth-order valence-corrected chi connectivity index (χ4v) is 3.14. The highest BCUT2D eigenvalue weighted by molar-refractivity contribution is 6.23. The lowest BCUT2D eigenvalue weighted by molar-refractivity contribution is 0.554. The van der Waals surface area contributed by atoms with Gasteiger partial charge in [-0.25, -0.2) is 4.98 Å². The maximum Gasteiger partial charge on any atom is 0.256 e. The first-order valence-electron chi connectivity index (χ1n) is 7.80. The molecule has 2 aromatic carbocycles. The smallest absolute Gasteiger partial charge is 0.256 e. The van der Waals surface area contributed by atoms with Crippen molar-refractivity contribution in [2.45, 2.75) is 33.1 Å². The first-order chi connectivity index (χ1) is 10.9. The van der Waals surface area contributed by atoms with Crippen LogP contribution in [0.15, 0.2) is 35.3 Å². The van der Waals surface area contributed by atoms with Crippen molar-refractivity contribution in [3.8, 4) is 0 Å². The molecule has 0 saturated carbocycles. The monoisotopic (exact) mass is 305 g/mol. The SMILES string of the molecule is Cc1ccc2c(c1)c1c(=O)[nH]ccc1c1nc(C(C)(C)C)[nH]c21. The molecule has 4 aromatic rings. The van der Waals surface area contributed by atoms with Crippen LogP contribution < -0.4 is 5.56 Å². The predicted octanol–water partition coefficient (Wildman–Crippen LogP) is 4.16. The Morgan fingerprint density at radius 3 is 2.57 bits per heavy atom. The lowest BCUT2D eigenvalue weighted by Gasteiger charge is -2.13. The number of rotatable bonds is 0. The highest BCUT2D eigenvalue weighted by Crippen LogP contribution is 2.34. The van der Waals surface area contributed by atoms with Gasteiger partial charge in [0.25, 0.3) is 5.56 Å². The molecule has 2 N–H and O–H groups in total. The van der Waals surface area contributed by atoms with Crippen LogP contribution in [0.25, 0.3) is 32.6 Å². The van der Waals surface area contributed by atoms with Gasteiger partial charge in [0, 0.05) is 22.4 Å². The molecule has 0 aliphatic rings. The Kier molecular flexibility index (Phi) is 2.71. The van der Waals surface area contributed by atoms with Crippen molar-refractivity contribution in [3.63, 3.8) is 0 Å². The summed E-state index contributed by atoms with van der Waals surface area (Å²) in [6.45, 7) is 8.43. The van der Waals surface area contributed by atoms with Gasteiger partial charge in [0.05, 0.1) is 16.4 Å². The first kappa shape index (κ1) is 14.0. The molecular weight excluding hydrogens is 286 g/mol. The maximum absolute atomic E-state index is 12.5. The normalized spacial score (nSPS) is 12.5. The summed E-state index contributed by atoms with van der Waals surface area (Å²) in [5.74, 6) is 0.933. The van der Waals surface area contributed by atoms with Gasteiger partial charge < -0.3 is 9.97 Å². The lowest BCUT2D eigenvalue weighted by atomic mass is 9.96. The number of nitrogens with zero attached hydrogens (tertiary/aromatic N) is 1. The number of fused-ring (bicyclic) bond motifs is 6. The third-order valence-corrected chi connectivity index (χ3v) is 4.34. The fourth-order valence-electron chi connectivity index (χ4n) is 3.14. The van der Waals surface area contributed by atoms with Gasteiger partial charge in [-0.2, -0.15) is 0 Å². The topological polar surface area (TPSA) is 61.5 Å². The summed E-state index contributed by atoms with van der Waals surface area (Å²) < 4.78 is 0. The number of aromatic nitrogens is 3. The molecule has 0 spiro atoms. The van der Waals surface area contributed by atoms with Crippen molar-refractivity contribution >= 4 is 32.6 Å². The molecule has 23 heavy (non-hydrogen) atoms. The Morgan fingerprint density at radius 1 is 1.04 bits per heavy atom. The average molecular weight is 305 g/mol. The van der Waals surface area contributed by atoms with E-state index in [9.17, 15) is 4.79 Å². The second kappa shape index (κ2) is 4.44. The Labute approximate surface area is 133 Å². The Morgan fingerprint density at radius 2 is 1.83 bits per heavy atom. The van der Waals surface area contributed by atoms with Crippen molar-refractivity contribution in [1.82, 2.24) is 15.0 Å². The van der Waals surface area contributed by atoms with Crippen LogP contribution in [0.1, 0.15) is 32.2 Å². The molecule has 2 aromatic heterocycles. The van der Waals surface area contributed by atoms with Gasteiger partial charge in [-0.3, -0.25) is 4.79 Å². The fraction of sp³-hybridized carbons (Fsp3) is 0.263. The summed E-state index contributed by atoms with van der Waals surface area (Å²) >= 11 is 0. The number of pyridine rings is 1. The third-order valence-electron chi connectivity index (χ3n) is 4.34. The first-order valence-corrected chi connectivity index (χ1v) is 7.80. The highest BCUT2D eigenvalue weighted by Gasteiger charge is 2.21. The minimum absolute atomic E-state index is 0.0692. The van der Waals surface area contributed by atoms with Crippen LogP contribution in [0.4, 0.5) is 0 Å². The summed E-state index contributed by atoms with van der Waals surface area (Å²) in [7, 11) is 0. The van der Waals surface area contributed by atoms with Gasteiger partial charge in [0.1, 0.15) is 5.82 Å². The molecule has 0 amide bonds. The second-order valence-corrected chi connectivity index (χ2v) is 7.20. The summed E-state index contributed by atoms with van der Waals surface area (Å²) in [5, 5.41) is 3.62. The van der Waals surface area contributed by atoms with Gasteiger partial charge in [-0.1, -0.05) is 44.5 Å². The Bertz CT molecular complexity index is 1130. The molecular formula is C19H19N3O. The summed E-state index contributed by atoms with van der Waals surface area (Å²) in [6, 6.07) is 8.16. The van der Waals surface area contributed by atoms with Crippen molar-refractivity contribution < 1.29 is 0 Å². The van der Waals surface area contributed by atoms with Crippen molar-refractivity contribution in [2.75, 3.05) is 0 Å². The standard InChI is InChI=1S/C19H19N3O/c1-10-5-6-11-13(9-10)14-12(7-8-20-17(14)23)16-15(11)21-18(22-16)19(2,3)4/h5-9H,1-4H3,(H,20,23)(H,21,22). The van der Waals surface area contributed by atoms with E-state index in [1.165, 1.54) is 0 Å². The molecule has 4 rings (SSSR count). The van der Waals surface area contributed by atoms with Crippen LogP contribution in [-0.2, 0) is 5.41 Å². The van der Waals surface area contributed by atoms with E-state index in [2.05, 4.69) is 48.9 Å². The molecule has 116 valence electrons. The highest BCUT2D eigenvalue weighted by atomic mass is 16.1. The van der Waals surface area contributed by atoms with E-state index in [-0.39, 0.29) is 11.0 Å². The van der Waals surface area contributed by atoms with E-state index in [1.807, 2.05) is 13.0 Å². The molecule has 0 unspecified atom stereocenters. The van der Waals surface area contributed by atoms with Crippen LogP contribution in [0.3, 0.4) is 0 Å². The van der Waals surface area contributed by atoms with Gasteiger partial charge in [-0.05, 0) is 18.4 Å². The number of imidazole rings is 1. The molecule has 0 fully saturated rings. The van der Waals surface area contributed by atoms with E-state index < -0.39 is 0 Å². The zero-order valence-corrected chi connectivity index (χ0v) is 13.7. The van der Waals surface area contributed by atoms with Crippen molar-refractivity contribution in [1.29, 1.82) is 0 Å². The number of H-pyrrole nitrogens is 2. The average Bonchev–Trinajstić information content (AvgIpc) is 2.92. The number of aryl methyl sites for hydroxylation is 1. The van der Waals surface area contributed by atoms with Crippen LogP contribution >= 0.6 is 0 Å². The molecule has 0 atom stereocenters.